The molecule has 0 bridgehead atoms. The Balaban J connectivity index is 3.82. The van der Waals surface area contributed by atoms with Crippen LogP contribution in [0.5, 0.6) is 0 Å². The van der Waals surface area contributed by atoms with E-state index in [-0.39, 0.29) is 5.78 Å². The molecule has 0 rings (SSSR count). The number of aliphatic hydroxyl groups is 1. The van der Waals surface area contributed by atoms with Crippen molar-refractivity contribution in [2.45, 2.75) is 32.8 Å². The highest BCUT2D eigenvalue weighted by molar-refractivity contribution is 5.93. The molecule has 58 valence electrons. The fourth-order valence-electron chi connectivity index (χ4n) is 0.682. The molecule has 0 fully saturated rings. The number of ketones is 1. The monoisotopic (exact) mass is 142 g/mol. The molecule has 0 aromatic carbocycles. The summed E-state index contributed by atoms with van der Waals surface area (Å²) in [5.74, 6) is -0.124. The van der Waals surface area contributed by atoms with Crippen molar-refractivity contribution in [2.24, 2.45) is 0 Å². The van der Waals surface area contributed by atoms with Gasteiger partial charge in [0.15, 0.2) is 5.78 Å². The maximum atomic E-state index is 10.6. The van der Waals surface area contributed by atoms with Gasteiger partial charge in [0.2, 0.25) is 0 Å². The first-order valence-electron chi connectivity index (χ1n) is 3.47. The number of hydrogen-bond donors (Lipinski definition) is 1. The minimum Gasteiger partial charge on any atom is -0.388 e. The molecule has 0 saturated heterocycles. The van der Waals surface area contributed by atoms with E-state index in [1.807, 2.05) is 6.92 Å². The van der Waals surface area contributed by atoms with E-state index >= 15 is 0 Å². The molecule has 0 amide bonds. The summed E-state index contributed by atoms with van der Waals surface area (Å²) in [6.45, 7) is 6.85. The summed E-state index contributed by atoms with van der Waals surface area (Å²) < 4.78 is 0. The molecule has 0 aliphatic heterocycles. The first-order chi connectivity index (χ1) is 4.59. The van der Waals surface area contributed by atoms with Crippen molar-refractivity contribution in [3.8, 4) is 0 Å². The average Bonchev–Trinajstić information content (AvgIpc) is 1.87. The molecule has 0 aromatic heterocycles. The Hall–Kier alpha value is -0.630. The zero-order valence-corrected chi connectivity index (χ0v) is 6.55. The molecule has 2 heteroatoms. The predicted molar refractivity (Wildman–Crippen MR) is 40.7 cm³/mol. The van der Waals surface area contributed by atoms with Gasteiger partial charge >= 0.3 is 0 Å². The first kappa shape index (κ1) is 9.37. The highest BCUT2D eigenvalue weighted by Crippen LogP contribution is 2.06. The highest BCUT2D eigenvalue weighted by Gasteiger charge is 2.10. The van der Waals surface area contributed by atoms with Crippen molar-refractivity contribution in [1.29, 1.82) is 0 Å². The summed E-state index contributed by atoms with van der Waals surface area (Å²) in [6.07, 6.45) is 0.855. The van der Waals surface area contributed by atoms with Gasteiger partial charge in [0.1, 0.15) is 0 Å². The lowest BCUT2D eigenvalue weighted by molar-refractivity contribution is -0.114. The number of hydrogen-bond acceptors (Lipinski definition) is 2. The van der Waals surface area contributed by atoms with Crippen molar-refractivity contribution in [3.05, 3.63) is 12.2 Å². The number of rotatable bonds is 4. The summed E-state index contributed by atoms with van der Waals surface area (Å²) in [4.78, 5) is 10.6. The molecule has 1 atom stereocenters. The topological polar surface area (TPSA) is 37.3 Å². The van der Waals surface area contributed by atoms with Crippen LogP contribution in [-0.4, -0.2) is 17.0 Å². The summed E-state index contributed by atoms with van der Waals surface area (Å²) in [5, 5.41) is 9.17. The fraction of sp³-hybridized carbons (Fsp3) is 0.625. The van der Waals surface area contributed by atoms with Crippen LogP contribution in [-0.2, 0) is 4.79 Å². The van der Waals surface area contributed by atoms with Crippen LogP contribution in [0.15, 0.2) is 12.2 Å². The molecule has 10 heavy (non-hydrogen) atoms. The van der Waals surface area contributed by atoms with E-state index in [0.717, 1.165) is 6.42 Å². The molecule has 0 spiro atoms. The Morgan fingerprint density at radius 1 is 1.70 bits per heavy atom. The Bertz CT molecular complexity index is 138. The zero-order valence-electron chi connectivity index (χ0n) is 6.55. The maximum absolute atomic E-state index is 10.6. The van der Waals surface area contributed by atoms with Crippen molar-refractivity contribution >= 4 is 5.78 Å². The Kier molecular flexibility index (Phi) is 3.96. The normalized spacial score (nSPS) is 12.7. The molecular formula is C8H14O2. The average molecular weight is 142 g/mol. The summed E-state index contributed by atoms with van der Waals surface area (Å²) in [6, 6.07) is 0. The Morgan fingerprint density at radius 2 is 2.20 bits per heavy atom. The van der Waals surface area contributed by atoms with Crippen LogP contribution in [0.4, 0.5) is 0 Å². The number of Topliss-reactive ketones (excluding diaryl/α,β-unsaturated/α-hetero) is 1. The van der Waals surface area contributed by atoms with Gasteiger partial charge in [-0.1, -0.05) is 19.9 Å². The molecule has 2 nitrogen and oxygen atoms in total. The second kappa shape index (κ2) is 4.23. The third-order valence-corrected chi connectivity index (χ3v) is 1.42. The van der Waals surface area contributed by atoms with Crippen LogP contribution in [0.25, 0.3) is 0 Å². The van der Waals surface area contributed by atoms with Gasteiger partial charge < -0.3 is 5.11 Å². The Labute approximate surface area is 61.6 Å². The second-order valence-corrected chi connectivity index (χ2v) is 2.39. The van der Waals surface area contributed by atoms with E-state index in [4.69, 9.17) is 5.11 Å². The minimum absolute atomic E-state index is 0.124. The van der Waals surface area contributed by atoms with Crippen LogP contribution in [0.3, 0.4) is 0 Å². The van der Waals surface area contributed by atoms with Crippen LogP contribution >= 0.6 is 0 Å². The Morgan fingerprint density at radius 3 is 2.50 bits per heavy atom. The van der Waals surface area contributed by atoms with Crippen molar-refractivity contribution in [2.75, 3.05) is 0 Å². The zero-order chi connectivity index (χ0) is 8.15. The van der Waals surface area contributed by atoms with Gasteiger partial charge in [-0.25, -0.2) is 0 Å². The van der Waals surface area contributed by atoms with Gasteiger partial charge in [-0.05, 0) is 13.3 Å². The van der Waals surface area contributed by atoms with Crippen LogP contribution in [0.1, 0.15) is 26.7 Å². The van der Waals surface area contributed by atoms with Gasteiger partial charge in [0, 0.05) is 5.57 Å². The maximum Gasteiger partial charge on any atom is 0.157 e. The minimum atomic E-state index is -0.637. The van der Waals surface area contributed by atoms with Gasteiger partial charge in [-0.3, -0.25) is 4.79 Å². The van der Waals surface area contributed by atoms with Gasteiger partial charge in [-0.2, -0.15) is 0 Å². The lowest BCUT2D eigenvalue weighted by Gasteiger charge is -2.08. The first-order valence-corrected chi connectivity index (χ1v) is 3.47. The van der Waals surface area contributed by atoms with E-state index in [9.17, 15) is 4.79 Å². The van der Waals surface area contributed by atoms with Crippen LogP contribution in [0, 0.1) is 0 Å². The van der Waals surface area contributed by atoms with Crippen molar-refractivity contribution in [3.63, 3.8) is 0 Å². The SMILES string of the molecule is C=C(C(C)=O)C(O)CCC. The number of aliphatic hydroxyl groups excluding tert-OH is 1. The van der Waals surface area contributed by atoms with Crippen LogP contribution < -0.4 is 0 Å². The third-order valence-electron chi connectivity index (χ3n) is 1.42. The molecule has 0 aliphatic rings. The molecule has 0 saturated carbocycles. The smallest absolute Gasteiger partial charge is 0.157 e. The van der Waals surface area contributed by atoms with Crippen LogP contribution in [0.2, 0.25) is 0 Å². The van der Waals surface area contributed by atoms with E-state index in [2.05, 4.69) is 6.58 Å². The number of carbonyl (C=O) groups is 1. The molecule has 0 aromatic rings. The quantitative estimate of drug-likeness (QED) is 0.600. The number of carbonyl (C=O) groups excluding carboxylic acids is 1. The van der Waals surface area contributed by atoms with Gasteiger partial charge in [0.05, 0.1) is 6.10 Å². The highest BCUT2D eigenvalue weighted by atomic mass is 16.3. The third kappa shape index (κ3) is 2.78. The largest absolute Gasteiger partial charge is 0.388 e. The van der Waals surface area contributed by atoms with E-state index in [0.29, 0.717) is 12.0 Å². The summed E-state index contributed by atoms with van der Waals surface area (Å²) in [5.41, 5.74) is 0.321. The lowest BCUT2D eigenvalue weighted by atomic mass is 10.0. The van der Waals surface area contributed by atoms with E-state index in [1.54, 1.807) is 0 Å². The molecule has 0 heterocycles. The molecule has 1 N–H and O–H groups in total. The van der Waals surface area contributed by atoms with Gasteiger partial charge in [-0.15, -0.1) is 0 Å². The predicted octanol–water partition coefficient (Wildman–Crippen LogP) is 1.29. The molecule has 0 radical (unpaired) electrons. The van der Waals surface area contributed by atoms with Gasteiger partial charge in [0.25, 0.3) is 0 Å². The summed E-state index contributed by atoms with van der Waals surface area (Å²) >= 11 is 0. The van der Waals surface area contributed by atoms with E-state index in [1.165, 1.54) is 6.92 Å². The molecular weight excluding hydrogens is 128 g/mol. The van der Waals surface area contributed by atoms with Crippen molar-refractivity contribution < 1.29 is 9.90 Å². The molecule has 0 aliphatic carbocycles. The van der Waals surface area contributed by atoms with Crippen molar-refractivity contribution in [1.82, 2.24) is 0 Å². The second-order valence-electron chi connectivity index (χ2n) is 2.39. The lowest BCUT2D eigenvalue weighted by Crippen LogP contribution is -2.14. The molecule has 1 unspecified atom stereocenters. The van der Waals surface area contributed by atoms with E-state index < -0.39 is 6.10 Å². The summed E-state index contributed by atoms with van der Waals surface area (Å²) in [7, 11) is 0. The standard InChI is InChI=1S/C8H14O2/c1-4-5-8(10)6(2)7(3)9/h8,10H,2,4-5H2,1,3H3. The fourth-order valence-corrected chi connectivity index (χ4v) is 0.682.